The molecule has 104 valence electrons. The van der Waals surface area contributed by atoms with Crippen molar-refractivity contribution < 1.29 is 4.79 Å². The normalized spacial score (nSPS) is 16.5. The van der Waals surface area contributed by atoms with Crippen LogP contribution >= 0.6 is 0 Å². The van der Waals surface area contributed by atoms with Crippen LogP contribution in [-0.2, 0) is 0 Å². The summed E-state index contributed by atoms with van der Waals surface area (Å²) in [6, 6.07) is 3.85. The lowest BCUT2D eigenvalue weighted by Crippen LogP contribution is -2.36. The van der Waals surface area contributed by atoms with Gasteiger partial charge in [-0.15, -0.1) is 0 Å². The number of nitrogens with two attached hydrogens (primary N) is 1. The molecule has 2 heterocycles. The van der Waals surface area contributed by atoms with Crippen LogP contribution in [0.4, 0.5) is 5.69 Å². The number of aromatic nitrogens is 1. The van der Waals surface area contributed by atoms with Gasteiger partial charge < -0.3 is 15.5 Å². The molecule has 0 spiro atoms. The second kappa shape index (κ2) is 6.02. The van der Waals surface area contributed by atoms with Gasteiger partial charge >= 0.3 is 0 Å². The predicted molar refractivity (Wildman–Crippen MR) is 76.2 cm³/mol. The molecule has 1 aliphatic heterocycles. The fraction of sp³-hybridized carbons (Fsp3) is 0.571. The highest BCUT2D eigenvalue weighted by molar-refractivity contribution is 5.92. The minimum atomic E-state index is -0.0568. The molecule has 1 aromatic rings. The van der Waals surface area contributed by atoms with Gasteiger partial charge in [-0.05, 0) is 37.4 Å². The Morgan fingerprint density at radius 2 is 2.16 bits per heavy atom. The summed E-state index contributed by atoms with van der Waals surface area (Å²) in [6.45, 7) is 2.78. The van der Waals surface area contributed by atoms with Crippen molar-refractivity contribution in [2.45, 2.75) is 12.8 Å². The number of hydrogen-bond donors (Lipinski definition) is 1. The Morgan fingerprint density at radius 1 is 1.47 bits per heavy atom. The standard InChI is InChI=1S/C14H22N4O/c1-17(2)14(19)13-9-12(3-6-16-13)18-7-4-11(10-15)5-8-18/h3,6,9,11H,4-5,7-8,10,15H2,1-2H3. The second-order valence-electron chi connectivity index (χ2n) is 5.26. The molecule has 19 heavy (non-hydrogen) atoms. The Balaban J connectivity index is 2.09. The smallest absolute Gasteiger partial charge is 0.272 e. The third-order valence-corrected chi connectivity index (χ3v) is 3.68. The van der Waals surface area contributed by atoms with E-state index < -0.39 is 0 Å². The topological polar surface area (TPSA) is 62.5 Å². The van der Waals surface area contributed by atoms with Crippen LogP contribution in [-0.4, -0.2) is 49.5 Å². The molecule has 1 amide bonds. The number of nitrogens with zero attached hydrogens (tertiary/aromatic N) is 3. The zero-order valence-corrected chi connectivity index (χ0v) is 11.7. The predicted octanol–water partition coefficient (Wildman–Crippen LogP) is 0.958. The first-order valence-corrected chi connectivity index (χ1v) is 6.74. The molecule has 2 rings (SSSR count). The molecule has 0 bridgehead atoms. The monoisotopic (exact) mass is 262 g/mol. The molecule has 1 saturated heterocycles. The summed E-state index contributed by atoms with van der Waals surface area (Å²) < 4.78 is 0. The zero-order valence-electron chi connectivity index (χ0n) is 11.7. The minimum Gasteiger partial charge on any atom is -0.371 e. The molecular formula is C14H22N4O. The fourth-order valence-electron chi connectivity index (χ4n) is 2.39. The van der Waals surface area contributed by atoms with Crippen molar-refractivity contribution in [2.24, 2.45) is 11.7 Å². The Bertz CT molecular complexity index is 439. The van der Waals surface area contributed by atoms with Gasteiger partial charge in [0.1, 0.15) is 5.69 Å². The molecule has 0 radical (unpaired) electrons. The Hall–Kier alpha value is -1.62. The average Bonchev–Trinajstić information content (AvgIpc) is 2.46. The van der Waals surface area contributed by atoms with E-state index in [0.717, 1.165) is 38.2 Å². The van der Waals surface area contributed by atoms with Crippen LogP contribution in [0.3, 0.4) is 0 Å². The first-order valence-electron chi connectivity index (χ1n) is 6.74. The Kier molecular flexibility index (Phi) is 4.37. The van der Waals surface area contributed by atoms with Crippen LogP contribution in [0.25, 0.3) is 0 Å². The van der Waals surface area contributed by atoms with Crippen molar-refractivity contribution in [3.05, 3.63) is 24.0 Å². The summed E-state index contributed by atoms with van der Waals surface area (Å²) in [7, 11) is 3.48. The number of pyridine rings is 1. The van der Waals surface area contributed by atoms with Gasteiger partial charge in [0.25, 0.3) is 5.91 Å². The van der Waals surface area contributed by atoms with E-state index >= 15 is 0 Å². The number of anilines is 1. The van der Waals surface area contributed by atoms with E-state index in [0.29, 0.717) is 11.6 Å². The van der Waals surface area contributed by atoms with E-state index in [2.05, 4.69) is 9.88 Å². The SMILES string of the molecule is CN(C)C(=O)c1cc(N2CCC(CN)CC2)ccn1. The van der Waals surface area contributed by atoms with Crippen LogP contribution < -0.4 is 10.6 Å². The number of amides is 1. The summed E-state index contributed by atoms with van der Waals surface area (Å²) in [5.41, 5.74) is 7.29. The number of carbonyl (C=O) groups excluding carboxylic acids is 1. The third kappa shape index (κ3) is 3.23. The van der Waals surface area contributed by atoms with Crippen molar-refractivity contribution >= 4 is 11.6 Å². The number of carbonyl (C=O) groups is 1. The molecule has 0 atom stereocenters. The molecule has 2 N–H and O–H groups in total. The number of rotatable bonds is 3. The second-order valence-corrected chi connectivity index (χ2v) is 5.26. The summed E-state index contributed by atoms with van der Waals surface area (Å²) in [5.74, 6) is 0.583. The summed E-state index contributed by atoms with van der Waals surface area (Å²) in [5, 5.41) is 0. The van der Waals surface area contributed by atoms with E-state index in [1.165, 1.54) is 0 Å². The van der Waals surface area contributed by atoms with Crippen LogP contribution in [0.15, 0.2) is 18.3 Å². The minimum absolute atomic E-state index is 0.0568. The largest absolute Gasteiger partial charge is 0.371 e. The van der Waals surface area contributed by atoms with Crippen molar-refractivity contribution in [1.29, 1.82) is 0 Å². The molecule has 1 fully saturated rings. The van der Waals surface area contributed by atoms with Gasteiger partial charge in [-0.3, -0.25) is 9.78 Å². The molecule has 0 unspecified atom stereocenters. The summed E-state index contributed by atoms with van der Waals surface area (Å²) in [4.78, 5) is 19.9. The van der Waals surface area contributed by atoms with E-state index in [4.69, 9.17) is 5.73 Å². The molecule has 0 saturated carbocycles. The van der Waals surface area contributed by atoms with Gasteiger partial charge in [-0.2, -0.15) is 0 Å². The van der Waals surface area contributed by atoms with Gasteiger partial charge in [0.15, 0.2) is 0 Å². The quantitative estimate of drug-likeness (QED) is 0.881. The van der Waals surface area contributed by atoms with Crippen LogP contribution in [0.1, 0.15) is 23.3 Å². The van der Waals surface area contributed by atoms with Crippen molar-refractivity contribution in [2.75, 3.05) is 38.6 Å². The number of piperidine rings is 1. The maximum absolute atomic E-state index is 11.9. The maximum atomic E-state index is 11.9. The van der Waals surface area contributed by atoms with E-state index in [-0.39, 0.29) is 5.91 Å². The lowest BCUT2D eigenvalue weighted by atomic mass is 9.97. The van der Waals surface area contributed by atoms with E-state index in [9.17, 15) is 4.79 Å². The van der Waals surface area contributed by atoms with Gasteiger partial charge in [0.2, 0.25) is 0 Å². The van der Waals surface area contributed by atoms with Crippen LogP contribution in [0.2, 0.25) is 0 Å². The molecule has 5 heteroatoms. The number of hydrogen-bond acceptors (Lipinski definition) is 4. The van der Waals surface area contributed by atoms with Gasteiger partial charge in [0, 0.05) is 39.1 Å². The fourth-order valence-corrected chi connectivity index (χ4v) is 2.39. The Labute approximate surface area is 114 Å². The lowest BCUT2D eigenvalue weighted by molar-refractivity contribution is 0.0822. The molecule has 0 aliphatic carbocycles. The van der Waals surface area contributed by atoms with Crippen molar-refractivity contribution in [3.63, 3.8) is 0 Å². The first kappa shape index (κ1) is 13.8. The van der Waals surface area contributed by atoms with Crippen LogP contribution in [0, 0.1) is 5.92 Å². The van der Waals surface area contributed by atoms with Crippen LogP contribution in [0.5, 0.6) is 0 Å². The maximum Gasteiger partial charge on any atom is 0.272 e. The molecule has 1 aromatic heterocycles. The zero-order chi connectivity index (χ0) is 13.8. The van der Waals surface area contributed by atoms with E-state index in [1.54, 1.807) is 25.2 Å². The highest BCUT2D eigenvalue weighted by atomic mass is 16.2. The summed E-state index contributed by atoms with van der Waals surface area (Å²) in [6.07, 6.45) is 3.95. The third-order valence-electron chi connectivity index (χ3n) is 3.68. The van der Waals surface area contributed by atoms with Crippen molar-refractivity contribution in [3.8, 4) is 0 Å². The van der Waals surface area contributed by atoms with E-state index in [1.807, 2.05) is 12.1 Å². The highest BCUT2D eigenvalue weighted by Gasteiger charge is 2.19. The van der Waals surface area contributed by atoms with Gasteiger partial charge in [0.05, 0.1) is 0 Å². The highest BCUT2D eigenvalue weighted by Crippen LogP contribution is 2.23. The van der Waals surface area contributed by atoms with Gasteiger partial charge in [-0.1, -0.05) is 0 Å². The molecular weight excluding hydrogens is 240 g/mol. The average molecular weight is 262 g/mol. The first-order chi connectivity index (χ1) is 9.11. The Morgan fingerprint density at radius 3 is 2.74 bits per heavy atom. The van der Waals surface area contributed by atoms with Crippen molar-refractivity contribution in [1.82, 2.24) is 9.88 Å². The lowest BCUT2D eigenvalue weighted by Gasteiger charge is -2.33. The van der Waals surface area contributed by atoms with Gasteiger partial charge in [-0.25, -0.2) is 0 Å². The molecule has 0 aromatic carbocycles. The molecule has 1 aliphatic rings. The molecule has 5 nitrogen and oxygen atoms in total. The summed E-state index contributed by atoms with van der Waals surface area (Å²) >= 11 is 0.